The van der Waals surface area contributed by atoms with Gasteiger partial charge in [-0.3, -0.25) is 4.79 Å². The van der Waals surface area contributed by atoms with Gasteiger partial charge in [-0.1, -0.05) is 24.3 Å². The Morgan fingerprint density at radius 2 is 1.92 bits per heavy atom. The minimum absolute atomic E-state index is 0.0183. The molecule has 2 aromatic rings. The number of carbonyl (C=O) groups is 1. The lowest BCUT2D eigenvalue weighted by molar-refractivity contribution is -0.130. The van der Waals surface area contributed by atoms with Gasteiger partial charge in [0, 0.05) is 32.0 Å². The van der Waals surface area contributed by atoms with Gasteiger partial charge in [0.2, 0.25) is 5.91 Å². The fourth-order valence-corrected chi connectivity index (χ4v) is 2.94. The monoisotopic (exact) mass is 343 g/mol. The Hall–Kier alpha value is -2.40. The minimum Gasteiger partial charge on any atom is -0.491 e. The van der Waals surface area contributed by atoms with Crippen molar-refractivity contribution in [3.05, 3.63) is 65.0 Å². The Morgan fingerprint density at radius 1 is 1.08 bits per heavy atom. The third-order valence-electron chi connectivity index (χ3n) is 4.22. The molecule has 25 heavy (non-hydrogen) atoms. The lowest BCUT2D eigenvalue weighted by Gasteiger charge is -2.22. The molecular weight excluding hydrogens is 321 g/mol. The SMILES string of the molecule is CC(=O)N1CCOCCOc2ccc(F)cc2Cc2cccc(c2)C1. The highest BCUT2D eigenvalue weighted by Gasteiger charge is 2.12. The average molecular weight is 343 g/mol. The van der Waals surface area contributed by atoms with Gasteiger partial charge < -0.3 is 14.4 Å². The standard InChI is InChI=1S/C20H22FNO3/c1-15(23)22-7-8-24-9-10-25-20-6-5-19(21)13-18(20)12-16-3-2-4-17(11-16)14-22/h2-6,11,13H,7-10,12,14H2,1H3. The normalized spacial score (nSPS) is 15.7. The van der Waals surface area contributed by atoms with Crippen molar-refractivity contribution < 1.29 is 18.7 Å². The van der Waals surface area contributed by atoms with Crippen LogP contribution in [0.5, 0.6) is 5.75 Å². The van der Waals surface area contributed by atoms with E-state index in [1.165, 1.54) is 12.1 Å². The zero-order valence-electron chi connectivity index (χ0n) is 14.3. The van der Waals surface area contributed by atoms with Crippen molar-refractivity contribution in [3.8, 4) is 5.75 Å². The number of amides is 1. The minimum atomic E-state index is -0.279. The molecular formula is C20H22FNO3. The second kappa shape index (κ2) is 8.12. The van der Waals surface area contributed by atoms with Crippen molar-refractivity contribution in [2.75, 3.05) is 26.4 Å². The molecule has 132 valence electrons. The molecule has 0 aromatic heterocycles. The molecule has 1 aliphatic rings. The lowest BCUT2D eigenvalue weighted by Crippen LogP contribution is -2.32. The maximum Gasteiger partial charge on any atom is 0.219 e. The summed E-state index contributed by atoms with van der Waals surface area (Å²) in [4.78, 5) is 13.6. The van der Waals surface area contributed by atoms with E-state index in [4.69, 9.17) is 9.47 Å². The van der Waals surface area contributed by atoms with E-state index >= 15 is 0 Å². The van der Waals surface area contributed by atoms with E-state index < -0.39 is 0 Å². The smallest absolute Gasteiger partial charge is 0.219 e. The Bertz CT molecular complexity index is 747. The van der Waals surface area contributed by atoms with Gasteiger partial charge in [-0.2, -0.15) is 0 Å². The number of nitrogens with zero attached hydrogens (tertiary/aromatic N) is 1. The van der Waals surface area contributed by atoms with E-state index in [9.17, 15) is 9.18 Å². The first-order valence-electron chi connectivity index (χ1n) is 8.44. The van der Waals surface area contributed by atoms with Crippen molar-refractivity contribution in [1.29, 1.82) is 0 Å². The highest BCUT2D eigenvalue weighted by molar-refractivity contribution is 5.73. The first-order valence-corrected chi connectivity index (χ1v) is 8.44. The van der Waals surface area contributed by atoms with Crippen LogP contribution in [0.3, 0.4) is 0 Å². The average Bonchev–Trinajstić information content (AvgIpc) is 2.58. The zero-order chi connectivity index (χ0) is 17.6. The van der Waals surface area contributed by atoms with Crippen LogP contribution >= 0.6 is 0 Å². The van der Waals surface area contributed by atoms with E-state index in [0.29, 0.717) is 45.1 Å². The van der Waals surface area contributed by atoms with Gasteiger partial charge in [0.15, 0.2) is 0 Å². The molecule has 0 fully saturated rings. The van der Waals surface area contributed by atoms with Crippen LogP contribution in [0.2, 0.25) is 0 Å². The van der Waals surface area contributed by atoms with Crippen LogP contribution in [0.15, 0.2) is 42.5 Å². The van der Waals surface area contributed by atoms with Gasteiger partial charge in [0.1, 0.15) is 18.2 Å². The van der Waals surface area contributed by atoms with Crippen LogP contribution in [0.1, 0.15) is 23.6 Å². The zero-order valence-corrected chi connectivity index (χ0v) is 14.3. The summed E-state index contributed by atoms with van der Waals surface area (Å²) < 4.78 is 25.0. The van der Waals surface area contributed by atoms with Gasteiger partial charge in [-0.25, -0.2) is 4.39 Å². The molecule has 1 aliphatic heterocycles. The fourth-order valence-electron chi connectivity index (χ4n) is 2.94. The van der Waals surface area contributed by atoms with Gasteiger partial charge >= 0.3 is 0 Å². The van der Waals surface area contributed by atoms with E-state index in [2.05, 4.69) is 6.07 Å². The third-order valence-corrected chi connectivity index (χ3v) is 4.22. The van der Waals surface area contributed by atoms with Crippen molar-refractivity contribution in [2.24, 2.45) is 0 Å². The van der Waals surface area contributed by atoms with Crippen LogP contribution in [0.4, 0.5) is 4.39 Å². The van der Waals surface area contributed by atoms with Gasteiger partial charge in [-0.15, -0.1) is 0 Å². The second-order valence-corrected chi connectivity index (χ2v) is 6.15. The molecule has 2 bridgehead atoms. The molecule has 0 saturated heterocycles. The topological polar surface area (TPSA) is 38.8 Å². The summed E-state index contributed by atoms with van der Waals surface area (Å²) in [6.45, 7) is 3.92. The highest BCUT2D eigenvalue weighted by atomic mass is 19.1. The lowest BCUT2D eigenvalue weighted by atomic mass is 10.0. The Kier molecular flexibility index (Phi) is 5.66. The number of hydrogen-bond acceptors (Lipinski definition) is 3. The molecule has 0 radical (unpaired) electrons. The van der Waals surface area contributed by atoms with Crippen molar-refractivity contribution in [2.45, 2.75) is 19.9 Å². The number of ether oxygens (including phenoxy) is 2. The summed E-state index contributed by atoms with van der Waals surface area (Å²) in [5.74, 6) is 0.418. The maximum absolute atomic E-state index is 13.7. The first kappa shape index (κ1) is 17.4. The molecule has 0 N–H and O–H groups in total. The van der Waals surface area contributed by atoms with E-state index in [1.807, 2.05) is 18.2 Å². The highest BCUT2D eigenvalue weighted by Crippen LogP contribution is 2.24. The number of hydrogen-bond donors (Lipinski definition) is 0. The molecule has 0 unspecified atom stereocenters. The molecule has 2 aromatic carbocycles. The fraction of sp³-hybridized carbons (Fsp3) is 0.350. The summed E-state index contributed by atoms with van der Waals surface area (Å²) in [6.07, 6.45) is 0.571. The first-order chi connectivity index (χ1) is 12.1. The molecule has 1 amide bonds. The molecule has 3 rings (SSSR count). The van der Waals surface area contributed by atoms with E-state index in [0.717, 1.165) is 16.7 Å². The maximum atomic E-state index is 13.7. The molecule has 5 heteroatoms. The molecule has 0 atom stereocenters. The van der Waals surface area contributed by atoms with Gasteiger partial charge in [0.25, 0.3) is 0 Å². The molecule has 1 heterocycles. The summed E-state index contributed by atoms with van der Waals surface area (Å²) in [7, 11) is 0. The summed E-state index contributed by atoms with van der Waals surface area (Å²) in [5.41, 5.74) is 2.91. The van der Waals surface area contributed by atoms with Gasteiger partial charge in [-0.05, 0) is 29.3 Å². The van der Waals surface area contributed by atoms with Crippen LogP contribution in [0, 0.1) is 5.82 Å². The number of rotatable bonds is 0. The van der Waals surface area contributed by atoms with Gasteiger partial charge in [0.05, 0.1) is 13.2 Å². The van der Waals surface area contributed by atoms with E-state index in [-0.39, 0.29) is 11.7 Å². The van der Waals surface area contributed by atoms with Crippen LogP contribution in [0.25, 0.3) is 0 Å². The molecule has 4 nitrogen and oxygen atoms in total. The molecule has 0 saturated carbocycles. The summed E-state index contributed by atoms with van der Waals surface area (Å²) >= 11 is 0. The Morgan fingerprint density at radius 3 is 2.76 bits per heavy atom. The summed E-state index contributed by atoms with van der Waals surface area (Å²) in [5, 5.41) is 0. The number of halogens is 1. The predicted octanol–water partition coefficient (Wildman–Crippen LogP) is 3.17. The van der Waals surface area contributed by atoms with Crippen molar-refractivity contribution >= 4 is 5.91 Å². The predicted molar refractivity (Wildman–Crippen MR) is 93.1 cm³/mol. The van der Waals surface area contributed by atoms with Crippen LogP contribution in [-0.2, 0) is 22.5 Å². The van der Waals surface area contributed by atoms with Crippen molar-refractivity contribution in [3.63, 3.8) is 0 Å². The Balaban J connectivity index is 1.91. The third kappa shape index (κ3) is 4.79. The largest absolute Gasteiger partial charge is 0.491 e. The van der Waals surface area contributed by atoms with Crippen molar-refractivity contribution in [1.82, 2.24) is 4.90 Å². The summed E-state index contributed by atoms with van der Waals surface area (Å²) in [6, 6.07) is 12.6. The van der Waals surface area contributed by atoms with Crippen LogP contribution in [-0.4, -0.2) is 37.2 Å². The second-order valence-electron chi connectivity index (χ2n) is 6.15. The molecule has 0 spiro atoms. The quantitative estimate of drug-likeness (QED) is 0.737. The number of fused-ring (bicyclic) bond motifs is 3. The van der Waals surface area contributed by atoms with Crippen LogP contribution < -0.4 is 4.74 Å². The van der Waals surface area contributed by atoms with E-state index in [1.54, 1.807) is 17.9 Å². The Labute approximate surface area is 147 Å². The number of carbonyl (C=O) groups excluding carboxylic acids is 1. The number of benzene rings is 2. The molecule has 0 aliphatic carbocycles.